The number of likely N-dealkylation sites (tertiary alicyclic amines) is 1. The Labute approximate surface area is 247 Å². The summed E-state index contributed by atoms with van der Waals surface area (Å²) in [5.41, 5.74) is 6.79. The first-order chi connectivity index (χ1) is 19.6. The molecule has 8 heteroatoms. The van der Waals surface area contributed by atoms with Crippen molar-refractivity contribution in [1.82, 2.24) is 4.90 Å². The third-order valence-electron chi connectivity index (χ3n) is 8.70. The zero-order valence-corrected chi connectivity index (χ0v) is 24.9. The smallest absolute Gasteiger partial charge is 0.330 e. The van der Waals surface area contributed by atoms with E-state index in [1.165, 1.54) is 0 Å². The number of anilines is 1. The van der Waals surface area contributed by atoms with Crippen molar-refractivity contribution in [2.24, 2.45) is 17.8 Å². The highest BCUT2D eigenvalue weighted by Crippen LogP contribution is 2.61. The van der Waals surface area contributed by atoms with Crippen LogP contribution in [-0.2, 0) is 23.9 Å². The van der Waals surface area contributed by atoms with Crippen LogP contribution in [0.15, 0.2) is 65.1 Å². The number of carbonyl (C=O) groups is 4. The maximum Gasteiger partial charge on any atom is 0.330 e. The summed E-state index contributed by atoms with van der Waals surface area (Å²) in [4.78, 5) is 55.4. The highest BCUT2D eigenvalue weighted by Gasteiger charge is 2.63. The molecule has 0 unspecified atom stereocenters. The number of benzene rings is 3. The first-order valence-electron chi connectivity index (χ1n) is 13.9. The normalized spacial score (nSPS) is 22.7. The van der Waals surface area contributed by atoms with E-state index in [2.05, 4.69) is 21.2 Å². The van der Waals surface area contributed by atoms with Gasteiger partial charge in [-0.15, -0.1) is 0 Å². The molecule has 3 aromatic rings. The van der Waals surface area contributed by atoms with Crippen molar-refractivity contribution in [3.63, 3.8) is 0 Å². The van der Waals surface area contributed by atoms with E-state index < -0.39 is 42.3 Å². The summed E-state index contributed by atoms with van der Waals surface area (Å²) in [5.74, 6) is -4.05. The Morgan fingerprint density at radius 2 is 1.29 bits per heavy atom. The molecule has 210 valence electrons. The van der Waals surface area contributed by atoms with E-state index >= 15 is 0 Å². The van der Waals surface area contributed by atoms with Crippen LogP contribution in [0.4, 0.5) is 5.69 Å². The average molecular weight is 616 g/mol. The van der Waals surface area contributed by atoms with Crippen molar-refractivity contribution in [2.45, 2.75) is 45.6 Å². The van der Waals surface area contributed by atoms with Crippen LogP contribution in [0, 0.1) is 31.6 Å². The largest absolute Gasteiger partial charge is 0.454 e. The zero-order valence-electron chi connectivity index (χ0n) is 23.3. The predicted molar refractivity (Wildman–Crippen MR) is 157 cm³/mol. The summed E-state index contributed by atoms with van der Waals surface area (Å²) in [6.07, 6.45) is 0. The third-order valence-corrected chi connectivity index (χ3v) is 9.95. The molecule has 7 rings (SSSR count). The minimum absolute atomic E-state index is 0.258. The lowest BCUT2D eigenvalue weighted by Crippen LogP contribution is -2.49. The number of aryl methyl sites for hydroxylation is 2. The molecule has 1 aliphatic heterocycles. The molecule has 7 nitrogen and oxygen atoms in total. The fourth-order valence-corrected chi connectivity index (χ4v) is 7.32. The topological polar surface area (TPSA) is 92.8 Å². The number of halogens is 1. The summed E-state index contributed by atoms with van der Waals surface area (Å²) in [6, 6.07) is 18.5. The summed E-state index contributed by atoms with van der Waals surface area (Å²) in [7, 11) is 0. The van der Waals surface area contributed by atoms with Gasteiger partial charge in [0.2, 0.25) is 11.8 Å². The Bertz CT molecular complexity index is 1480. The lowest BCUT2D eigenvalue weighted by Gasteiger charge is -2.45. The third kappa shape index (κ3) is 4.31. The fraction of sp³-hybridized carbons (Fsp3) is 0.333. The van der Waals surface area contributed by atoms with Gasteiger partial charge in [0.05, 0.1) is 11.8 Å². The van der Waals surface area contributed by atoms with Crippen LogP contribution in [0.5, 0.6) is 0 Å². The molecule has 0 radical (unpaired) electrons. The van der Waals surface area contributed by atoms with E-state index in [4.69, 9.17) is 4.74 Å². The number of hydrogen-bond donors (Lipinski definition) is 1. The van der Waals surface area contributed by atoms with Crippen LogP contribution >= 0.6 is 15.9 Å². The van der Waals surface area contributed by atoms with Gasteiger partial charge in [0.1, 0.15) is 6.04 Å². The molecule has 1 saturated heterocycles. The van der Waals surface area contributed by atoms with Gasteiger partial charge in [0.15, 0.2) is 6.61 Å². The molecular formula is C33H31BrN2O5. The molecule has 3 amide bonds. The monoisotopic (exact) mass is 614 g/mol. The molecule has 1 N–H and O–H groups in total. The molecule has 3 atom stereocenters. The second-order valence-corrected chi connectivity index (χ2v) is 12.4. The van der Waals surface area contributed by atoms with Gasteiger partial charge in [-0.2, -0.15) is 0 Å². The van der Waals surface area contributed by atoms with E-state index in [0.29, 0.717) is 5.69 Å². The molecule has 3 aromatic carbocycles. The number of nitrogens with zero attached hydrogens (tertiary/aromatic N) is 1. The van der Waals surface area contributed by atoms with Crippen molar-refractivity contribution in [1.29, 1.82) is 0 Å². The first-order valence-corrected chi connectivity index (χ1v) is 14.7. The van der Waals surface area contributed by atoms with E-state index in [-0.39, 0.29) is 23.7 Å². The second kappa shape index (κ2) is 10.2. The number of amides is 3. The van der Waals surface area contributed by atoms with Crippen molar-refractivity contribution in [3.05, 3.63) is 98.5 Å². The maximum atomic E-state index is 14.1. The van der Waals surface area contributed by atoms with Crippen molar-refractivity contribution in [3.8, 4) is 0 Å². The van der Waals surface area contributed by atoms with Gasteiger partial charge < -0.3 is 10.1 Å². The predicted octanol–water partition coefficient (Wildman–Crippen LogP) is 5.46. The summed E-state index contributed by atoms with van der Waals surface area (Å²) < 4.78 is 6.39. The molecule has 0 spiro atoms. The SMILES string of the molecule is Cc1cc(NC(=O)COC(=O)[C@H](C(C)C)N2C(=O)[C@@H]3C4c5ccccc5C(c5ccccc54)[C@H]3C2=O)cc(C)c1Br. The highest BCUT2D eigenvalue weighted by molar-refractivity contribution is 9.10. The Morgan fingerprint density at radius 3 is 1.71 bits per heavy atom. The fourth-order valence-electron chi connectivity index (χ4n) is 7.09. The van der Waals surface area contributed by atoms with Crippen molar-refractivity contribution < 1.29 is 23.9 Å². The van der Waals surface area contributed by atoms with Gasteiger partial charge >= 0.3 is 5.97 Å². The average Bonchev–Trinajstić information content (AvgIpc) is 3.20. The molecule has 3 aliphatic carbocycles. The number of rotatable bonds is 6. The van der Waals surface area contributed by atoms with Gasteiger partial charge in [0, 0.05) is 22.0 Å². The van der Waals surface area contributed by atoms with Crippen LogP contribution < -0.4 is 5.32 Å². The molecule has 0 aromatic heterocycles. The number of ether oxygens (including phenoxy) is 1. The van der Waals surface area contributed by atoms with Crippen molar-refractivity contribution in [2.75, 3.05) is 11.9 Å². The first kappa shape index (κ1) is 27.4. The highest BCUT2D eigenvalue weighted by atomic mass is 79.9. The van der Waals surface area contributed by atoms with Crippen LogP contribution in [-0.4, -0.2) is 41.2 Å². The van der Waals surface area contributed by atoms with E-state index in [1.807, 2.05) is 74.5 Å². The minimum Gasteiger partial charge on any atom is -0.454 e. The second-order valence-electron chi connectivity index (χ2n) is 11.6. The zero-order chi connectivity index (χ0) is 29.2. The molecule has 4 aliphatic rings. The summed E-state index contributed by atoms with van der Waals surface area (Å²) in [5, 5.41) is 2.76. The number of imide groups is 1. The quantitative estimate of drug-likeness (QED) is 0.294. The Balaban J connectivity index is 1.25. The Kier molecular flexibility index (Phi) is 6.85. The van der Waals surface area contributed by atoms with Crippen LogP contribution in [0.25, 0.3) is 0 Å². The number of carbonyl (C=O) groups excluding carboxylic acids is 4. The summed E-state index contributed by atoms with van der Waals surface area (Å²) in [6.45, 7) is 6.87. The number of hydrogen-bond acceptors (Lipinski definition) is 5. The van der Waals surface area contributed by atoms with Crippen LogP contribution in [0.1, 0.15) is 59.1 Å². The van der Waals surface area contributed by atoms with Gasteiger partial charge in [-0.25, -0.2) is 4.79 Å². The van der Waals surface area contributed by atoms with Gasteiger partial charge in [-0.1, -0.05) is 78.3 Å². The van der Waals surface area contributed by atoms with E-state index in [0.717, 1.165) is 42.8 Å². The molecular weight excluding hydrogens is 584 g/mol. The van der Waals surface area contributed by atoms with E-state index in [9.17, 15) is 19.2 Å². The van der Waals surface area contributed by atoms with Gasteiger partial charge in [-0.3, -0.25) is 19.3 Å². The summed E-state index contributed by atoms with van der Waals surface area (Å²) >= 11 is 3.51. The molecule has 1 fully saturated rings. The molecule has 1 heterocycles. The molecule has 2 bridgehead atoms. The van der Waals surface area contributed by atoms with Crippen molar-refractivity contribution >= 4 is 45.3 Å². The molecule has 41 heavy (non-hydrogen) atoms. The number of esters is 1. The lowest BCUT2D eigenvalue weighted by atomic mass is 9.55. The number of nitrogens with one attached hydrogen (secondary N) is 1. The standard InChI is InChI=1S/C33H31BrN2O5/c1-16(2)30(33(40)41-15-24(37)35-19-13-17(3)29(34)18(4)14-19)36-31(38)27-25-20-9-5-6-10-21(20)26(28(27)32(36)39)23-12-8-7-11-22(23)25/h5-14,16,25-28,30H,15H2,1-4H3,(H,35,37)/t25?,26?,27-,28-,30+/m1/s1. The van der Waals surface area contributed by atoms with Gasteiger partial charge in [0.25, 0.3) is 5.91 Å². The lowest BCUT2D eigenvalue weighted by molar-refractivity contribution is -0.162. The molecule has 0 saturated carbocycles. The van der Waals surface area contributed by atoms with E-state index in [1.54, 1.807) is 13.8 Å². The van der Waals surface area contributed by atoms with Gasteiger partial charge in [-0.05, 0) is 65.3 Å². The Morgan fingerprint density at radius 1 is 0.854 bits per heavy atom. The minimum atomic E-state index is -1.13. The van der Waals surface area contributed by atoms with Crippen LogP contribution in [0.2, 0.25) is 0 Å². The Hall–Kier alpha value is -3.78. The maximum absolute atomic E-state index is 14.1. The van der Waals surface area contributed by atoms with Crippen LogP contribution in [0.3, 0.4) is 0 Å².